The Balaban J connectivity index is 1.08. The van der Waals surface area contributed by atoms with Crippen LogP contribution < -0.4 is 16.2 Å². The predicted octanol–water partition coefficient (Wildman–Crippen LogP) is 6.50. The number of halogens is 1. The van der Waals surface area contributed by atoms with Gasteiger partial charge in [-0.25, -0.2) is 23.5 Å². The smallest absolute Gasteiger partial charge is 0.381 e. The van der Waals surface area contributed by atoms with Gasteiger partial charge in [0.05, 0.1) is 17.4 Å². The molecule has 6 heterocycles. The van der Waals surface area contributed by atoms with Gasteiger partial charge in [0.2, 0.25) is 5.95 Å². The molecule has 3 aromatic heterocycles. The van der Waals surface area contributed by atoms with E-state index in [4.69, 9.17) is 14.2 Å². The van der Waals surface area contributed by atoms with Crippen LogP contribution in [0.15, 0.2) is 80.8 Å². The summed E-state index contributed by atoms with van der Waals surface area (Å²) in [6.07, 6.45) is 2.65. The number of urea groups is 1. The average Bonchev–Trinajstić information content (AvgIpc) is 3.56. The van der Waals surface area contributed by atoms with Crippen LogP contribution in [0.5, 0.6) is 0 Å². The molecule has 4 aliphatic rings. The van der Waals surface area contributed by atoms with Crippen molar-refractivity contribution < 1.29 is 23.2 Å². The first kappa shape index (κ1) is 38.8. The van der Waals surface area contributed by atoms with Gasteiger partial charge in [-0.15, -0.1) is 0 Å². The molecular weight excluding hydrogens is 780 g/mol. The Morgan fingerprint density at radius 1 is 0.951 bits per heavy atom. The van der Waals surface area contributed by atoms with Crippen LogP contribution in [0.4, 0.5) is 15.1 Å². The van der Waals surface area contributed by atoms with Crippen LogP contribution in [-0.4, -0.2) is 78.8 Å². The fraction of sp³-hybridized carbons (Fsp3) is 0.391. The molecule has 0 spiro atoms. The minimum Gasteiger partial charge on any atom is -0.381 e. The van der Waals surface area contributed by atoms with E-state index in [9.17, 15) is 18.8 Å². The molecular formula is C46H47FN8O6. The van der Waals surface area contributed by atoms with Crippen LogP contribution in [0.2, 0.25) is 0 Å². The van der Waals surface area contributed by atoms with Crippen molar-refractivity contribution in [2.75, 3.05) is 37.7 Å². The summed E-state index contributed by atoms with van der Waals surface area (Å²) in [5.41, 5.74) is 4.17. The number of anilines is 1. The second kappa shape index (κ2) is 14.7. The Kier molecular flexibility index (Phi) is 9.34. The first-order valence-corrected chi connectivity index (χ1v) is 21.1. The van der Waals surface area contributed by atoms with Crippen molar-refractivity contribution in [2.45, 2.75) is 77.4 Å². The number of amides is 3. The van der Waals surface area contributed by atoms with Gasteiger partial charge in [-0.2, -0.15) is 0 Å². The number of nitrogens with one attached hydrogen (secondary N) is 1. The Labute approximate surface area is 350 Å². The Morgan fingerprint density at radius 3 is 2.38 bits per heavy atom. The predicted molar refractivity (Wildman–Crippen MR) is 225 cm³/mol. The van der Waals surface area contributed by atoms with Crippen LogP contribution in [0.3, 0.4) is 0 Å². The van der Waals surface area contributed by atoms with Gasteiger partial charge in [-0.3, -0.25) is 24.0 Å². The molecule has 3 atom stereocenters. The maximum Gasteiger partial charge on any atom is 0.438 e. The number of aromatic amines is 1. The number of hydrogen-bond donors (Lipinski definition) is 1. The molecule has 3 fully saturated rings. The zero-order chi connectivity index (χ0) is 42.3. The van der Waals surface area contributed by atoms with Gasteiger partial charge < -0.3 is 19.1 Å². The quantitative estimate of drug-likeness (QED) is 0.183. The maximum atomic E-state index is 15.3. The number of aromatic nitrogens is 5. The third kappa shape index (κ3) is 6.31. The normalized spacial score (nSPS) is 21.7. The number of carbonyl (C=O) groups excluding carboxylic acids is 2. The van der Waals surface area contributed by atoms with E-state index >= 15 is 4.79 Å². The second-order valence-corrected chi connectivity index (χ2v) is 17.1. The number of hydrogen-bond acceptors (Lipinski definition) is 8. The molecule has 61 heavy (non-hydrogen) atoms. The van der Waals surface area contributed by atoms with Gasteiger partial charge in [0.25, 0.3) is 11.5 Å². The zero-order valence-corrected chi connectivity index (χ0v) is 34.6. The Bertz CT molecular complexity index is 2840. The first-order chi connectivity index (χ1) is 29.4. The topological polar surface area (TPSA) is 152 Å². The number of fused-ring (bicyclic) bond motifs is 2. The summed E-state index contributed by atoms with van der Waals surface area (Å²) in [6.45, 7) is 9.88. The number of benzene rings is 3. The molecule has 3 aromatic carbocycles. The van der Waals surface area contributed by atoms with E-state index < -0.39 is 17.3 Å². The molecule has 6 aromatic rings. The number of aryl methyl sites for hydroxylation is 2. The highest BCUT2D eigenvalue weighted by molar-refractivity contribution is 6.00. The second-order valence-electron chi connectivity index (χ2n) is 17.1. The molecule has 3 amide bonds. The van der Waals surface area contributed by atoms with Gasteiger partial charge in [0.15, 0.2) is 5.82 Å². The fourth-order valence-corrected chi connectivity index (χ4v) is 10.0. The zero-order valence-electron chi connectivity index (χ0n) is 34.6. The summed E-state index contributed by atoms with van der Waals surface area (Å²) in [4.78, 5) is 69.6. The number of ether oxygens (including phenoxy) is 1. The molecule has 0 radical (unpaired) electrons. The van der Waals surface area contributed by atoms with Crippen LogP contribution in [0.1, 0.15) is 94.9 Å². The molecule has 15 heteroatoms. The summed E-state index contributed by atoms with van der Waals surface area (Å²) >= 11 is 0. The summed E-state index contributed by atoms with van der Waals surface area (Å²) in [5.74, 6) is -0.476. The highest BCUT2D eigenvalue weighted by atomic mass is 19.1. The van der Waals surface area contributed by atoms with Crippen molar-refractivity contribution >= 4 is 28.8 Å². The first-order valence-electron chi connectivity index (χ1n) is 21.1. The van der Waals surface area contributed by atoms with E-state index in [2.05, 4.69) is 35.3 Å². The maximum absolute atomic E-state index is 15.3. The third-order valence-electron chi connectivity index (χ3n) is 13.4. The third-order valence-corrected chi connectivity index (χ3v) is 13.4. The van der Waals surface area contributed by atoms with Gasteiger partial charge >= 0.3 is 11.8 Å². The van der Waals surface area contributed by atoms with E-state index in [1.54, 1.807) is 35.8 Å². The van der Waals surface area contributed by atoms with Gasteiger partial charge in [-0.1, -0.05) is 48.5 Å². The standard InChI is InChI=1S/C46H47FN8O6/c1-26-20-34(21-27(2)38(26)47)54-40(56)35-12-15-52(29(4)39(35)48-43(54)53-17-16-51(45(53)59)25-30-8-6-5-7-9-30)41(57)37-23-33-22-32(31-13-18-60-19-14-31)10-11-36(33)55(37)46(24-28(46)3)42-49-44(58)61-50-42/h5-11,20-23,28-29,31H,12-19,24-25H2,1-4H3,(H,49,50,58)/t28-,29+,46-/m1/s1. The van der Waals surface area contributed by atoms with Crippen molar-refractivity contribution in [3.8, 4) is 5.69 Å². The van der Waals surface area contributed by atoms with Crippen LogP contribution in [0, 0.1) is 25.6 Å². The van der Waals surface area contributed by atoms with E-state index in [-0.39, 0.29) is 54.7 Å². The molecule has 2 saturated heterocycles. The largest absolute Gasteiger partial charge is 0.438 e. The minimum atomic E-state index is -0.831. The van der Waals surface area contributed by atoms with E-state index in [1.807, 2.05) is 47.9 Å². The number of rotatable bonds is 8. The lowest BCUT2D eigenvalue weighted by Crippen LogP contribution is -2.45. The molecule has 0 unspecified atom stereocenters. The lowest BCUT2D eigenvalue weighted by Gasteiger charge is -2.36. The number of nitrogens with zero attached hydrogens (tertiary/aromatic N) is 7. The Morgan fingerprint density at radius 2 is 1.69 bits per heavy atom. The molecule has 1 aliphatic carbocycles. The monoisotopic (exact) mass is 826 g/mol. The van der Waals surface area contributed by atoms with E-state index in [0.29, 0.717) is 78.2 Å². The fourth-order valence-electron chi connectivity index (χ4n) is 10.0. The van der Waals surface area contributed by atoms with Crippen molar-refractivity contribution in [1.29, 1.82) is 0 Å². The lowest BCUT2D eigenvalue weighted by molar-refractivity contribution is 0.0658. The van der Waals surface area contributed by atoms with Gasteiger partial charge in [0.1, 0.15) is 17.1 Å². The van der Waals surface area contributed by atoms with Crippen molar-refractivity contribution in [3.05, 3.63) is 138 Å². The summed E-state index contributed by atoms with van der Waals surface area (Å²) < 4.78 is 29.1. The van der Waals surface area contributed by atoms with Crippen LogP contribution in [-0.2, 0) is 23.2 Å². The van der Waals surface area contributed by atoms with Crippen molar-refractivity contribution in [3.63, 3.8) is 0 Å². The molecule has 1 saturated carbocycles. The molecule has 10 rings (SSSR count). The van der Waals surface area contributed by atoms with Crippen molar-refractivity contribution in [2.24, 2.45) is 5.92 Å². The highest BCUT2D eigenvalue weighted by Crippen LogP contribution is 2.56. The molecule has 3 aliphatic heterocycles. The van der Waals surface area contributed by atoms with E-state index in [0.717, 1.165) is 29.3 Å². The molecule has 14 nitrogen and oxygen atoms in total. The SMILES string of the molecule is Cc1cc(-n2c(N3CCN(Cc4ccccc4)C3=O)nc3c(c2=O)CCN(C(=O)c2cc4cc(C5CCOCC5)ccc4n2[C@]2(c4noc(=O)[nH]4)C[C@H]2C)[C@H]3C)cc(C)c1F. The minimum absolute atomic E-state index is 0.0194. The summed E-state index contributed by atoms with van der Waals surface area (Å²) in [5, 5.41) is 5.04. The lowest BCUT2D eigenvalue weighted by atomic mass is 9.91. The summed E-state index contributed by atoms with van der Waals surface area (Å²) in [6, 6.07) is 20.2. The highest BCUT2D eigenvalue weighted by Gasteiger charge is 2.59. The molecule has 0 bridgehead atoms. The number of carbonyl (C=O) groups is 2. The molecule has 314 valence electrons. The number of H-pyrrole nitrogens is 1. The summed E-state index contributed by atoms with van der Waals surface area (Å²) in [7, 11) is 0. The van der Waals surface area contributed by atoms with Crippen LogP contribution in [0.25, 0.3) is 16.6 Å². The molecule has 1 N–H and O–H groups in total. The average molecular weight is 827 g/mol. The van der Waals surface area contributed by atoms with Crippen molar-refractivity contribution in [1.82, 2.24) is 34.1 Å². The van der Waals surface area contributed by atoms with Gasteiger partial charge in [0, 0.05) is 55.9 Å². The van der Waals surface area contributed by atoms with Gasteiger partial charge in [-0.05, 0) is 111 Å². The Hall–Kier alpha value is -6.35. The van der Waals surface area contributed by atoms with Crippen LogP contribution >= 0.6 is 0 Å². The van der Waals surface area contributed by atoms with E-state index in [1.165, 1.54) is 15.0 Å².